The third-order valence-corrected chi connectivity index (χ3v) is 5.75. The third-order valence-electron chi connectivity index (χ3n) is 3.22. The summed E-state index contributed by atoms with van der Waals surface area (Å²) in [5.41, 5.74) is -1.34. The van der Waals surface area contributed by atoms with Gasteiger partial charge in [0.25, 0.3) is 0 Å². The van der Waals surface area contributed by atoms with Crippen LogP contribution in [-0.4, -0.2) is 75.0 Å². The highest BCUT2D eigenvalue weighted by atomic mass is 33.1. The predicted molar refractivity (Wildman–Crippen MR) is 94.4 cm³/mol. The lowest BCUT2D eigenvalue weighted by Crippen LogP contribution is -2.61. The molecule has 5 atom stereocenters. The quantitative estimate of drug-likeness (QED) is 0.291. The van der Waals surface area contributed by atoms with Crippen molar-refractivity contribution in [2.24, 2.45) is 0 Å². The first kappa shape index (κ1) is 24.2. The maximum atomic E-state index is 11.8. The first-order chi connectivity index (χ1) is 12.8. The van der Waals surface area contributed by atoms with Gasteiger partial charge in [0.05, 0.1) is 0 Å². The fraction of sp³-hybridized carbons (Fsp3) is 0.733. The molecule has 11 nitrogen and oxygen atoms in total. The van der Waals surface area contributed by atoms with Crippen molar-refractivity contribution in [2.75, 3.05) is 12.9 Å². The van der Waals surface area contributed by atoms with Crippen molar-refractivity contribution >= 4 is 43.5 Å². The lowest BCUT2D eigenvalue weighted by Gasteiger charge is -2.43. The molecule has 28 heavy (non-hydrogen) atoms. The first-order valence-electron chi connectivity index (χ1n) is 7.99. The summed E-state index contributed by atoms with van der Waals surface area (Å²) in [5.74, 6) is -3.03. The Kier molecular flexibility index (Phi) is 8.70. The van der Waals surface area contributed by atoms with Gasteiger partial charge < -0.3 is 23.7 Å². The number of carbonyl (C=O) groups excluding carboxylic acids is 4. The van der Waals surface area contributed by atoms with Crippen LogP contribution < -0.4 is 0 Å². The number of hydrogen-bond acceptors (Lipinski definition) is 12. The largest absolute Gasteiger partial charge is 0.463 e. The van der Waals surface area contributed by atoms with Crippen molar-refractivity contribution in [2.45, 2.75) is 57.5 Å². The molecule has 1 rings (SSSR count). The van der Waals surface area contributed by atoms with Crippen molar-refractivity contribution in [3.05, 3.63) is 0 Å². The van der Waals surface area contributed by atoms with Crippen LogP contribution in [0.1, 0.15) is 27.7 Å². The molecule has 0 amide bonds. The molecule has 1 fully saturated rings. The predicted octanol–water partition coefficient (Wildman–Crippen LogP) is -0.238. The summed E-state index contributed by atoms with van der Waals surface area (Å²) in [4.78, 5) is 45.8. The molecule has 0 bridgehead atoms. The average Bonchev–Trinajstić information content (AvgIpc) is 2.48. The number of esters is 4. The van der Waals surface area contributed by atoms with Gasteiger partial charge in [0.2, 0.25) is 8.87 Å². The van der Waals surface area contributed by atoms with E-state index in [1.54, 1.807) is 0 Å². The number of ether oxygens (including phenoxy) is 5. The lowest BCUT2D eigenvalue weighted by atomic mass is 9.99. The van der Waals surface area contributed by atoms with E-state index in [1.165, 1.54) is 0 Å². The summed E-state index contributed by atoms with van der Waals surface area (Å²) in [5, 5.41) is 0. The van der Waals surface area contributed by atoms with Crippen LogP contribution in [0.3, 0.4) is 0 Å². The molecular weight excluding hydrogens is 420 g/mol. The van der Waals surface area contributed by atoms with Crippen LogP contribution in [0, 0.1) is 0 Å². The summed E-state index contributed by atoms with van der Waals surface area (Å²) in [7, 11) is -3.38. The summed E-state index contributed by atoms with van der Waals surface area (Å²) in [6.45, 7) is 3.95. The van der Waals surface area contributed by atoms with Gasteiger partial charge in [-0.05, 0) is 0 Å². The van der Waals surface area contributed by atoms with Gasteiger partial charge in [-0.3, -0.25) is 19.2 Å². The smallest absolute Gasteiger partial charge is 0.303 e. The SMILES string of the molecule is CC(=O)OC[C@H]1O[C@@H](SS(C)(=O)=O)[C@H](OC(C)=O)[C@@H](OC(C)=O)[C@@H]1OC(C)=O. The maximum absolute atomic E-state index is 11.8. The number of hydrogen-bond donors (Lipinski definition) is 0. The second-order valence-corrected chi connectivity index (χ2v) is 10.3. The van der Waals surface area contributed by atoms with Crippen LogP contribution in [0.2, 0.25) is 0 Å². The molecule has 0 radical (unpaired) electrons. The van der Waals surface area contributed by atoms with Crippen LogP contribution in [0.5, 0.6) is 0 Å². The Morgan fingerprint density at radius 2 is 1.29 bits per heavy atom. The lowest BCUT2D eigenvalue weighted by molar-refractivity contribution is -0.237. The molecule has 1 heterocycles. The second-order valence-electron chi connectivity index (χ2n) is 5.87. The van der Waals surface area contributed by atoms with E-state index in [0.717, 1.165) is 34.0 Å². The zero-order valence-electron chi connectivity index (χ0n) is 15.9. The Bertz CT molecular complexity index is 717. The van der Waals surface area contributed by atoms with Gasteiger partial charge in [-0.25, -0.2) is 8.42 Å². The Morgan fingerprint density at radius 1 is 0.821 bits per heavy atom. The van der Waals surface area contributed by atoms with Crippen molar-refractivity contribution < 1.29 is 51.3 Å². The topological polar surface area (TPSA) is 149 Å². The zero-order valence-corrected chi connectivity index (χ0v) is 17.5. The molecule has 0 N–H and O–H groups in total. The number of carbonyl (C=O) groups is 4. The standard InChI is InChI=1S/C15H22O11S2/c1-7(16)22-6-11-12(23-8(2)17)13(24-9(3)18)14(25-10(4)19)15(26-11)27-28(5,20)21/h11-15H,6H2,1-5H3/t11-,12-,13+,14-,15+/m1/s1. The van der Waals surface area contributed by atoms with Gasteiger partial charge in [0, 0.05) is 44.7 Å². The molecule has 0 spiro atoms. The van der Waals surface area contributed by atoms with E-state index in [2.05, 4.69) is 0 Å². The average molecular weight is 442 g/mol. The van der Waals surface area contributed by atoms with E-state index in [1.807, 2.05) is 0 Å². The highest BCUT2D eigenvalue weighted by molar-refractivity contribution is 8.72. The minimum absolute atomic E-state index is 0.318. The fourth-order valence-electron chi connectivity index (χ4n) is 2.44. The van der Waals surface area contributed by atoms with Crippen LogP contribution in [-0.2, 0) is 51.7 Å². The monoisotopic (exact) mass is 442 g/mol. The van der Waals surface area contributed by atoms with Gasteiger partial charge in [-0.2, -0.15) is 0 Å². The second kappa shape index (κ2) is 10.1. The Morgan fingerprint density at radius 3 is 1.71 bits per heavy atom. The Hall–Kier alpha value is -1.86. The molecule has 0 saturated carbocycles. The minimum Gasteiger partial charge on any atom is -0.463 e. The van der Waals surface area contributed by atoms with Crippen molar-refractivity contribution in [3.8, 4) is 0 Å². The molecule has 1 aliphatic heterocycles. The summed E-state index contributed by atoms with van der Waals surface area (Å²) >= 11 is 0. The van der Waals surface area contributed by atoms with Crippen molar-refractivity contribution in [1.29, 1.82) is 0 Å². The van der Waals surface area contributed by atoms with Gasteiger partial charge in [-0.15, -0.1) is 0 Å². The van der Waals surface area contributed by atoms with Crippen molar-refractivity contribution in [3.63, 3.8) is 0 Å². The van der Waals surface area contributed by atoms with E-state index < -0.39 is 69.2 Å². The summed E-state index contributed by atoms with van der Waals surface area (Å²) in [6.07, 6.45) is -4.38. The molecule has 0 aromatic heterocycles. The molecular formula is C15H22O11S2. The molecule has 13 heteroatoms. The van der Waals surface area contributed by atoms with Crippen LogP contribution in [0.4, 0.5) is 0 Å². The van der Waals surface area contributed by atoms with Gasteiger partial charge in [-0.1, -0.05) is 0 Å². The Labute approximate surface area is 165 Å². The van der Waals surface area contributed by atoms with Crippen LogP contribution in [0.25, 0.3) is 0 Å². The third kappa shape index (κ3) is 8.02. The van der Waals surface area contributed by atoms with E-state index in [4.69, 9.17) is 23.7 Å². The van der Waals surface area contributed by atoms with Crippen LogP contribution >= 0.6 is 10.8 Å². The Balaban J connectivity index is 3.36. The van der Waals surface area contributed by atoms with Crippen LogP contribution in [0.15, 0.2) is 0 Å². The maximum Gasteiger partial charge on any atom is 0.303 e. The highest BCUT2D eigenvalue weighted by Crippen LogP contribution is 2.36. The number of rotatable bonds is 7. The zero-order chi connectivity index (χ0) is 21.6. The fourth-order valence-corrected chi connectivity index (χ4v) is 4.79. The van der Waals surface area contributed by atoms with E-state index in [-0.39, 0.29) is 0 Å². The van der Waals surface area contributed by atoms with E-state index in [0.29, 0.717) is 10.8 Å². The molecule has 1 aliphatic rings. The molecule has 160 valence electrons. The molecule has 0 unspecified atom stereocenters. The van der Waals surface area contributed by atoms with Gasteiger partial charge in [0.1, 0.15) is 12.7 Å². The molecule has 0 aromatic carbocycles. The van der Waals surface area contributed by atoms with Crippen molar-refractivity contribution in [1.82, 2.24) is 0 Å². The van der Waals surface area contributed by atoms with E-state index >= 15 is 0 Å². The minimum atomic E-state index is -3.70. The first-order valence-corrected chi connectivity index (χ1v) is 11.3. The summed E-state index contributed by atoms with van der Waals surface area (Å²) in [6, 6.07) is 0. The molecule has 0 aliphatic carbocycles. The molecule has 0 aromatic rings. The molecule has 1 saturated heterocycles. The van der Waals surface area contributed by atoms with Gasteiger partial charge >= 0.3 is 23.9 Å². The van der Waals surface area contributed by atoms with Gasteiger partial charge in [0.15, 0.2) is 23.7 Å². The summed E-state index contributed by atoms with van der Waals surface area (Å²) < 4.78 is 49.5. The highest BCUT2D eigenvalue weighted by Gasteiger charge is 2.53. The normalized spacial score (nSPS) is 27.4. The van der Waals surface area contributed by atoms with E-state index in [9.17, 15) is 27.6 Å².